The molecule has 1 N–H and O–H groups in total. The van der Waals surface area contributed by atoms with E-state index in [4.69, 9.17) is 0 Å². The lowest BCUT2D eigenvalue weighted by Gasteiger charge is -2.02. The molecule has 0 saturated carbocycles. The fourth-order valence-corrected chi connectivity index (χ4v) is 1.44. The zero-order chi connectivity index (χ0) is 8.10. The molecule has 0 fully saturated rings. The first-order valence-electron chi connectivity index (χ1n) is 4.61. The number of nitrogens with one attached hydrogen (secondary N) is 1. The molecule has 0 aromatic rings. The molecule has 0 aromatic heterocycles. The summed E-state index contributed by atoms with van der Waals surface area (Å²) < 4.78 is 0. The number of hydrogen-bond acceptors (Lipinski definition) is 0. The number of quaternary nitrogens is 1. The summed E-state index contributed by atoms with van der Waals surface area (Å²) in [6.45, 7) is 5.70. The van der Waals surface area contributed by atoms with Gasteiger partial charge < -0.3 is 12.4 Å². The van der Waals surface area contributed by atoms with Gasteiger partial charge in [-0.25, -0.2) is 0 Å². The zero-order valence-electron chi connectivity index (χ0n) is 7.94. The molecule has 1 rings (SSSR count). The van der Waals surface area contributed by atoms with Gasteiger partial charge in [-0.1, -0.05) is 20.3 Å². The molecule has 0 radical (unpaired) electrons. The van der Waals surface area contributed by atoms with Crippen molar-refractivity contribution in [2.45, 2.75) is 33.1 Å². The second kappa shape index (κ2) is 6.27. The van der Waals surface area contributed by atoms with Gasteiger partial charge in [0.05, 0.1) is 12.7 Å². The topological polar surface area (TPSA) is 4.44 Å². The Balaban J connectivity index is 0.00000121. The number of halogens is 1. The molecule has 70 valence electrons. The maximum absolute atomic E-state index is 2.34. The zero-order valence-corrected chi connectivity index (χ0v) is 8.69. The van der Waals surface area contributed by atoms with Crippen LogP contribution in [0.5, 0.6) is 0 Å². The van der Waals surface area contributed by atoms with E-state index in [1.807, 2.05) is 0 Å². The first-order chi connectivity index (χ1) is 5.36. The largest absolute Gasteiger partial charge is 1.00 e. The van der Waals surface area contributed by atoms with E-state index in [1.165, 1.54) is 36.3 Å². The van der Waals surface area contributed by atoms with E-state index in [2.05, 4.69) is 32.3 Å². The first kappa shape index (κ1) is 11.7. The van der Waals surface area contributed by atoms with Gasteiger partial charge in [0.25, 0.3) is 0 Å². The minimum Gasteiger partial charge on any atom is -1.00 e. The van der Waals surface area contributed by atoms with Gasteiger partial charge in [-0.3, -0.25) is 4.90 Å². The highest BCUT2D eigenvalue weighted by atomic mass is 35.5. The average Bonchev–Trinajstić information content (AvgIpc) is 2.38. The van der Waals surface area contributed by atoms with E-state index in [9.17, 15) is 0 Å². The summed E-state index contributed by atoms with van der Waals surface area (Å²) in [5.74, 6) is 0. The third-order valence-corrected chi connectivity index (χ3v) is 1.96. The number of rotatable bonds is 4. The van der Waals surface area contributed by atoms with Crippen LogP contribution in [-0.2, 0) is 0 Å². The molecule has 12 heavy (non-hydrogen) atoms. The van der Waals surface area contributed by atoms with Crippen molar-refractivity contribution in [1.29, 1.82) is 0 Å². The van der Waals surface area contributed by atoms with Gasteiger partial charge in [-0.15, -0.1) is 0 Å². The average molecular weight is 188 g/mol. The Morgan fingerprint density at radius 1 is 1.25 bits per heavy atom. The van der Waals surface area contributed by atoms with Crippen molar-refractivity contribution in [3.63, 3.8) is 0 Å². The molecule has 1 aliphatic heterocycles. The molecule has 1 atom stereocenters. The van der Waals surface area contributed by atoms with Crippen LogP contribution in [-0.4, -0.2) is 6.54 Å². The van der Waals surface area contributed by atoms with Gasteiger partial charge in [-0.2, -0.15) is 0 Å². The second-order valence-corrected chi connectivity index (χ2v) is 3.13. The minimum absolute atomic E-state index is 0. The van der Waals surface area contributed by atoms with Crippen molar-refractivity contribution < 1.29 is 17.3 Å². The molecular weight excluding hydrogens is 170 g/mol. The third-order valence-electron chi connectivity index (χ3n) is 1.96. The smallest absolute Gasteiger partial charge is 0.102 e. The SMILES string of the molecule is CCCC1=C[NH+](CCC)C=C1.[Cl-]. The molecule has 2 heteroatoms. The van der Waals surface area contributed by atoms with Crippen LogP contribution in [0.4, 0.5) is 0 Å². The molecular formula is C10H18ClN. The highest BCUT2D eigenvalue weighted by Crippen LogP contribution is 2.05. The maximum atomic E-state index is 2.34. The molecule has 0 aliphatic carbocycles. The number of hydrogen-bond donors (Lipinski definition) is 1. The lowest BCUT2D eigenvalue weighted by molar-refractivity contribution is -0.787. The molecule has 0 bridgehead atoms. The summed E-state index contributed by atoms with van der Waals surface area (Å²) in [6.07, 6.45) is 10.6. The highest BCUT2D eigenvalue weighted by Gasteiger charge is 2.08. The van der Waals surface area contributed by atoms with Crippen LogP contribution in [0.2, 0.25) is 0 Å². The molecule has 1 heterocycles. The Labute approximate surface area is 81.6 Å². The molecule has 1 nitrogen and oxygen atoms in total. The highest BCUT2D eigenvalue weighted by molar-refractivity contribution is 5.17. The number of allylic oxidation sites excluding steroid dienone is 2. The summed E-state index contributed by atoms with van der Waals surface area (Å²) in [5.41, 5.74) is 1.51. The molecule has 1 unspecified atom stereocenters. The van der Waals surface area contributed by atoms with Crippen LogP contribution < -0.4 is 17.3 Å². The minimum atomic E-state index is 0. The standard InChI is InChI=1S/C10H17N.ClH/c1-3-5-10-6-8-11(9-10)7-4-2;/h6,8-9H,3-5,7H2,1-2H3;1H. The summed E-state index contributed by atoms with van der Waals surface area (Å²) >= 11 is 0. The van der Waals surface area contributed by atoms with Gasteiger partial charge in [0, 0.05) is 11.6 Å². The summed E-state index contributed by atoms with van der Waals surface area (Å²) in [7, 11) is 0. The van der Waals surface area contributed by atoms with E-state index in [1.54, 1.807) is 0 Å². The third kappa shape index (κ3) is 3.42. The maximum Gasteiger partial charge on any atom is 0.102 e. The second-order valence-electron chi connectivity index (χ2n) is 3.13. The van der Waals surface area contributed by atoms with Crippen molar-refractivity contribution >= 4 is 0 Å². The van der Waals surface area contributed by atoms with Crippen molar-refractivity contribution in [3.8, 4) is 0 Å². The Morgan fingerprint density at radius 3 is 2.58 bits per heavy atom. The fourth-order valence-electron chi connectivity index (χ4n) is 1.44. The first-order valence-corrected chi connectivity index (χ1v) is 4.61. The summed E-state index contributed by atoms with van der Waals surface area (Å²) in [5, 5.41) is 0. The Bertz CT molecular complexity index is 173. The van der Waals surface area contributed by atoms with Crippen LogP contribution in [0.3, 0.4) is 0 Å². The van der Waals surface area contributed by atoms with Gasteiger partial charge in [0.15, 0.2) is 0 Å². The van der Waals surface area contributed by atoms with E-state index in [0.29, 0.717) is 0 Å². The Kier molecular flexibility index (Phi) is 6.13. The van der Waals surface area contributed by atoms with Crippen LogP contribution in [0.15, 0.2) is 24.0 Å². The molecule has 0 saturated heterocycles. The van der Waals surface area contributed by atoms with Crippen LogP contribution in [0.25, 0.3) is 0 Å². The molecule has 0 aromatic carbocycles. The van der Waals surface area contributed by atoms with Crippen molar-refractivity contribution in [2.75, 3.05) is 6.54 Å². The lowest BCUT2D eigenvalue weighted by Crippen LogP contribution is -3.01. The van der Waals surface area contributed by atoms with Crippen molar-refractivity contribution in [2.24, 2.45) is 0 Å². The molecule has 1 aliphatic rings. The van der Waals surface area contributed by atoms with Crippen molar-refractivity contribution in [3.05, 3.63) is 24.0 Å². The monoisotopic (exact) mass is 187 g/mol. The van der Waals surface area contributed by atoms with Crippen LogP contribution >= 0.6 is 0 Å². The Hall–Kier alpha value is -0.270. The van der Waals surface area contributed by atoms with Crippen LogP contribution in [0.1, 0.15) is 33.1 Å². The fraction of sp³-hybridized carbons (Fsp3) is 0.600. The summed E-state index contributed by atoms with van der Waals surface area (Å²) in [6, 6.07) is 0. The Morgan fingerprint density at radius 2 is 2.00 bits per heavy atom. The van der Waals surface area contributed by atoms with E-state index >= 15 is 0 Å². The molecule has 0 amide bonds. The quantitative estimate of drug-likeness (QED) is 0.547. The van der Waals surface area contributed by atoms with Gasteiger partial charge in [0.1, 0.15) is 6.20 Å². The lowest BCUT2D eigenvalue weighted by atomic mass is 10.2. The van der Waals surface area contributed by atoms with Gasteiger partial charge >= 0.3 is 0 Å². The van der Waals surface area contributed by atoms with E-state index in [-0.39, 0.29) is 12.4 Å². The van der Waals surface area contributed by atoms with Crippen molar-refractivity contribution in [1.82, 2.24) is 0 Å². The van der Waals surface area contributed by atoms with Gasteiger partial charge in [-0.05, 0) is 12.8 Å². The van der Waals surface area contributed by atoms with Crippen LogP contribution in [0, 0.1) is 0 Å². The summed E-state index contributed by atoms with van der Waals surface area (Å²) in [4.78, 5) is 1.51. The van der Waals surface area contributed by atoms with E-state index in [0.717, 1.165) is 0 Å². The van der Waals surface area contributed by atoms with Gasteiger partial charge in [0.2, 0.25) is 0 Å². The predicted octanol–water partition coefficient (Wildman–Crippen LogP) is -1.50. The predicted molar refractivity (Wildman–Crippen MR) is 48.3 cm³/mol. The molecule has 0 spiro atoms. The van der Waals surface area contributed by atoms with E-state index < -0.39 is 0 Å². The normalized spacial score (nSPS) is 20.5.